The molecule has 132 valence electrons. The minimum Gasteiger partial charge on any atom is -0.352 e. The summed E-state index contributed by atoms with van der Waals surface area (Å²) < 4.78 is 0. The van der Waals surface area contributed by atoms with Gasteiger partial charge in [0.1, 0.15) is 12.4 Å². The molecule has 0 bridgehead atoms. The van der Waals surface area contributed by atoms with Gasteiger partial charge in [0, 0.05) is 19.1 Å². The van der Waals surface area contributed by atoms with E-state index >= 15 is 0 Å². The number of carbonyl (C=O) groups is 4. The van der Waals surface area contributed by atoms with E-state index in [1.54, 1.807) is 29.2 Å². The van der Waals surface area contributed by atoms with Crippen molar-refractivity contribution < 1.29 is 19.2 Å². The number of hydrogen-bond donors (Lipinski definition) is 1. The molecule has 1 N–H and O–H groups in total. The monoisotopic (exact) mass is 363 g/mol. The molecule has 1 aromatic carbocycles. The van der Waals surface area contributed by atoms with Crippen LogP contribution in [0.4, 0.5) is 0 Å². The van der Waals surface area contributed by atoms with Crippen LogP contribution in [0.15, 0.2) is 24.3 Å². The maximum Gasteiger partial charge on any atom is 0.262 e. The number of rotatable bonds is 4. The lowest BCUT2D eigenvalue weighted by atomic mass is 10.0. The molecular weight excluding hydrogens is 346 g/mol. The van der Waals surface area contributed by atoms with E-state index in [-0.39, 0.29) is 30.3 Å². The van der Waals surface area contributed by atoms with Crippen molar-refractivity contribution in [1.82, 2.24) is 15.1 Å². The second-order valence-electron chi connectivity index (χ2n) is 6.10. The van der Waals surface area contributed by atoms with Crippen LogP contribution in [0.2, 0.25) is 0 Å². The number of halogens is 1. The Bertz CT molecular complexity index is 693. The number of piperidine rings is 1. The molecule has 0 aliphatic carbocycles. The van der Waals surface area contributed by atoms with Crippen LogP contribution in [0.3, 0.4) is 0 Å². The normalized spacial score (nSPS) is 17.6. The smallest absolute Gasteiger partial charge is 0.262 e. The van der Waals surface area contributed by atoms with Crippen molar-refractivity contribution in [3.8, 4) is 0 Å². The van der Waals surface area contributed by atoms with Crippen LogP contribution in [-0.4, -0.2) is 65.0 Å². The largest absolute Gasteiger partial charge is 0.352 e. The van der Waals surface area contributed by atoms with Crippen LogP contribution in [-0.2, 0) is 9.59 Å². The second kappa shape index (κ2) is 7.23. The van der Waals surface area contributed by atoms with Crippen LogP contribution in [0.1, 0.15) is 33.6 Å². The van der Waals surface area contributed by atoms with E-state index in [4.69, 9.17) is 11.6 Å². The number of nitrogens with one attached hydrogen (secondary N) is 1. The maximum atomic E-state index is 12.5. The third-order valence-corrected chi connectivity index (χ3v) is 4.75. The standard InChI is InChI=1S/C17H18ClN3O4/c18-9-14(22)19-11-5-7-20(8-6-11)15(23)10-21-16(24)12-3-1-2-4-13(12)17(21)25/h1-4,11H,5-10H2,(H,19,22). The minimum atomic E-state index is -0.432. The Hall–Kier alpha value is -2.41. The fourth-order valence-corrected chi connectivity index (χ4v) is 3.23. The summed E-state index contributed by atoms with van der Waals surface area (Å²) in [7, 11) is 0. The molecule has 25 heavy (non-hydrogen) atoms. The number of fused-ring (bicyclic) bond motifs is 1. The SMILES string of the molecule is O=C(CCl)NC1CCN(C(=O)CN2C(=O)c3ccccc3C2=O)CC1. The lowest BCUT2D eigenvalue weighted by molar-refractivity contribution is -0.132. The quantitative estimate of drug-likeness (QED) is 0.628. The first-order chi connectivity index (χ1) is 12.0. The highest BCUT2D eigenvalue weighted by Crippen LogP contribution is 2.22. The predicted octanol–water partition coefficient (Wildman–Crippen LogP) is 0.629. The van der Waals surface area contributed by atoms with Gasteiger partial charge >= 0.3 is 0 Å². The van der Waals surface area contributed by atoms with Crippen molar-refractivity contribution in [2.45, 2.75) is 18.9 Å². The van der Waals surface area contributed by atoms with Crippen LogP contribution in [0, 0.1) is 0 Å². The number of imide groups is 1. The topological polar surface area (TPSA) is 86.8 Å². The Morgan fingerprint density at radius 3 is 2.16 bits per heavy atom. The molecule has 3 rings (SSSR count). The summed E-state index contributed by atoms with van der Waals surface area (Å²) >= 11 is 5.47. The van der Waals surface area contributed by atoms with Gasteiger partial charge < -0.3 is 10.2 Å². The van der Waals surface area contributed by atoms with Gasteiger partial charge in [-0.3, -0.25) is 24.1 Å². The fraction of sp³-hybridized carbons (Fsp3) is 0.412. The predicted molar refractivity (Wildman–Crippen MR) is 90.3 cm³/mol. The molecule has 2 aliphatic heterocycles. The van der Waals surface area contributed by atoms with Gasteiger partial charge in [-0.1, -0.05) is 12.1 Å². The summed E-state index contributed by atoms with van der Waals surface area (Å²) in [5, 5.41) is 2.80. The summed E-state index contributed by atoms with van der Waals surface area (Å²) in [6, 6.07) is 6.55. The van der Waals surface area contributed by atoms with Gasteiger partial charge in [-0.05, 0) is 25.0 Å². The average molecular weight is 364 g/mol. The van der Waals surface area contributed by atoms with E-state index < -0.39 is 11.8 Å². The van der Waals surface area contributed by atoms with Crippen LogP contribution in [0.5, 0.6) is 0 Å². The third-order valence-electron chi connectivity index (χ3n) is 4.51. The Balaban J connectivity index is 1.57. The molecule has 0 unspecified atom stereocenters. The summed E-state index contributed by atoms with van der Waals surface area (Å²) in [5.74, 6) is -1.44. The molecule has 7 nitrogen and oxygen atoms in total. The van der Waals surface area contributed by atoms with Crippen molar-refractivity contribution >= 4 is 35.2 Å². The number of hydrogen-bond acceptors (Lipinski definition) is 4. The zero-order valence-corrected chi connectivity index (χ0v) is 14.3. The fourth-order valence-electron chi connectivity index (χ4n) is 3.16. The van der Waals surface area contributed by atoms with E-state index in [9.17, 15) is 19.2 Å². The molecule has 0 atom stereocenters. The molecule has 0 aromatic heterocycles. The average Bonchev–Trinajstić information content (AvgIpc) is 2.87. The molecule has 1 fully saturated rings. The Labute approximate surface area is 149 Å². The summed E-state index contributed by atoms with van der Waals surface area (Å²) in [5.41, 5.74) is 0.672. The summed E-state index contributed by atoms with van der Waals surface area (Å²) in [6.45, 7) is 0.676. The van der Waals surface area contributed by atoms with Gasteiger partial charge in [0.15, 0.2) is 0 Å². The van der Waals surface area contributed by atoms with Crippen LogP contribution < -0.4 is 5.32 Å². The zero-order chi connectivity index (χ0) is 18.0. The van der Waals surface area contributed by atoms with E-state index in [0.29, 0.717) is 37.1 Å². The molecule has 2 heterocycles. The first kappa shape index (κ1) is 17.4. The molecule has 4 amide bonds. The lowest BCUT2D eigenvalue weighted by Crippen LogP contribution is -2.49. The highest BCUT2D eigenvalue weighted by atomic mass is 35.5. The number of alkyl halides is 1. The van der Waals surface area contributed by atoms with Gasteiger partial charge in [-0.2, -0.15) is 0 Å². The molecule has 0 saturated carbocycles. The van der Waals surface area contributed by atoms with E-state index in [0.717, 1.165) is 4.90 Å². The molecule has 1 saturated heterocycles. The van der Waals surface area contributed by atoms with Gasteiger partial charge in [-0.25, -0.2) is 0 Å². The highest BCUT2D eigenvalue weighted by Gasteiger charge is 2.37. The van der Waals surface area contributed by atoms with Crippen molar-refractivity contribution in [3.63, 3.8) is 0 Å². The third kappa shape index (κ3) is 3.51. The van der Waals surface area contributed by atoms with Gasteiger partial charge in [-0.15, -0.1) is 11.6 Å². The first-order valence-corrected chi connectivity index (χ1v) is 8.63. The summed E-state index contributed by atoms with van der Waals surface area (Å²) in [4.78, 5) is 51.0. The zero-order valence-electron chi connectivity index (χ0n) is 13.5. The van der Waals surface area contributed by atoms with Gasteiger partial charge in [0.25, 0.3) is 11.8 Å². The minimum absolute atomic E-state index is 0.00500. The van der Waals surface area contributed by atoms with Crippen LogP contribution >= 0.6 is 11.6 Å². The Kier molecular flexibility index (Phi) is 5.03. The Morgan fingerprint density at radius 2 is 1.64 bits per heavy atom. The number of benzene rings is 1. The maximum absolute atomic E-state index is 12.5. The van der Waals surface area contributed by atoms with Crippen molar-refractivity contribution in [3.05, 3.63) is 35.4 Å². The number of nitrogens with zero attached hydrogens (tertiary/aromatic N) is 2. The van der Waals surface area contributed by atoms with Crippen LogP contribution in [0.25, 0.3) is 0 Å². The van der Waals surface area contributed by atoms with Gasteiger partial charge in [0.05, 0.1) is 11.1 Å². The highest BCUT2D eigenvalue weighted by molar-refractivity contribution is 6.27. The first-order valence-electron chi connectivity index (χ1n) is 8.09. The lowest BCUT2D eigenvalue weighted by Gasteiger charge is -2.33. The second-order valence-corrected chi connectivity index (χ2v) is 6.37. The van der Waals surface area contributed by atoms with E-state index in [1.165, 1.54) is 0 Å². The van der Waals surface area contributed by atoms with E-state index in [1.807, 2.05) is 0 Å². The molecule has 1 aromatic rings. The van der Waals surface area contributed by atoms with Crippen molar-refractivity contribution in [2.75, 3.05) is 25.5 Å². The van der Waals surface area contributed by atoms with Crippen molar-refractivity contribution in [2.24, 2.45) is 0 Å². The molecule has 2 aliphatic rings. The molecular formula is C17H18ClN3O4. The number of carbonyl (C=O) groups excluding carboxylic acids is 4. The molecule has 8 heteroatoms. The van der Waals surface area contributed by atoms with Crippen molar-refractivity contribution in [1.29, 1.82) is 0 Å². The number of amides is 4. The molecule has 0 radical (unpaired) electrons. The Morgan fingerprint density at radius 1 is 1.08 bits per heavy atom. The molecule has 0 spiro atoms. The summed E-state index contributed by atoms with van der Waals surface area (Å²) in [6.07, 6.45) is 1.24. The van der Waals surface area contributed by atoms with Gasteiger partial charge in [0.2, 0.25) is 11.8 Å². The number of likely N-dealkylation sites (tertiary alicyclic amines) is 1. The van der Waals surface area contributed by atoms with E-state index in [2.05, 4.69) is 5.32 Å².